The van der Waals surface area contributed by atoms with Gasteiger partial charge in [-0.1, -0.05) is 29.8 Å². The first-order chi connectivity index (χ1) is 17.4. The van der Waals surface area contributed by atoms with Gasteiger partial charge >= 0.3 is 5.97 Å². The van der Waals surface area contributed by atoms with Gasteiger partial charge in [-0.25, -0.2) is 9.69 Å². The van der Waals surface area contributed by atoms with Crippen molar-refractivity contribution in [1.29, 1.82) is 0 Å². The van der Waals surface area contributed by atoms with E-state index in [1.807, 2.05) is 19.1 Å². The Morgan fingerprint density at radius 2 is 1.81 bits per heavy atom. The maximum Gasteiger partial charge on any atom is 0.338 e. The number of carbonyl (C=O) groups is 4. The summed E-state index contributed by atoms with van der Waals surface area (Å²) in [4.78, 5) is 54.9. The molecule has 0 aromatic heterocycles. The maximum atomic E-state index is 13.7. The molecule has 3 amide bonds. The van der Waals surface area contributed by atoms with Gasteiger partial charge in [0.05, 0.1) is 24.3 Å². The molecular weight excluding hydrogens is 456 g/mol. The predicted octanol–water partition coefficient (Wildman–Crippen LogP) is 4.84. The van der Waals surface area contributed by atoms with Crippen LogP contribution in [0, 0.1) is 6.92 Å². The number of nitrogens with zero attached hydrogens (tertiary/aromatic N) is 2. The zero-order valence-corrected chi connectivity index (χ0v) is 20.9. The van der Waals surface area contributed by atoms with Gasteiger partial charge in [-0.2, -0.15) is 0 Å². The molecule has 0 radical (unpaired) electrons. The summed E-state index contributed by atoms with van der Waals surface area (Å²) in [6, 6.07) is 12.6. The monoisotopic (exact) mass is 488 g/mol. The average Bonchev–Trinajstić information content (AvgIpc) is 3.18. The molecule has 0 bridgehead atoms. The van der Waals surface area contributed by atoms with Gasteiger partial charge in [-0.15, -0.1) is 0 Å². The number of carbonyl (C=O) groups excluding carboxylic acids is 4. The van der Waals surface area contributed by atoms with Gasteiger partial charge in [-0.05, 0) is 81.8 Å². The molecule has 0 saturated carbocycles. The van der Waals surface area contributed by atoms with Crippen molar-refractivity contribution in [2.45, 2.75) is 58.4 Å². The van der Waals surface area contributed by atoms with Gasteiger partial charge in [0.15, 0.2) is 0 Å². The zero-order chi connectivity index (χ0) is 25.7. The Hall–Kier alpha value is -3.74. The number of benzene rings is 2. The molecule has 7 heteroatoms. The Bertz CT molecular complexity index is 1180. The topological polar surface area (TPSA) is 84.0 Å². The SMILES string of the molecule is CCOC(=O)c1ccc(N2C(=O)CC(N(CCC3=CCCCC3)C(=O)c3ccccc3C)C2=O)cc1. The van der Waals surface area contributed by atoms with E-state index < -0.39 is 17.9 Å². The van der Waals surface area contributed by atoms with Gasteiger partial charge in [-0.3, -0.25) is 14.4 Å². The molecule has 2 aromatic carbocycles. The van der Waals surface area contributed by atoms with Crippen LogP contribution in [0.25, 0.3) is 0 Å². The van der Waals surface area contributed by atoms with E-state index >= 15 is 0 Å². The quantitative estimate of drug-likeness (QED) is 0.302. The standard InChI is InChI=1S/C29H32N2O5/c1-3-36-29(35)22-13-15-23(16-14-22)31-26(32)19-25(28(31)34)30(18-17-21-10-5-4-6-11-21)27(33)24-12-8-7-9-20(24)2/h7-10,12-16,25H,3-6,11,17-19H2,1-2H3. The van der Waals surface area contributed by atoms with Crippen molar-refractivity contribution in [3.63, 3.8) is 0 Å². The number of imide groups is 1. The summed E-state index contributed by atoms with van der Waals surface area (Å²) in [5.41, 5.74) is 3.37. The van der Waals surface area contributed by atoms with Crippen molar-refractivity contribution < 1.29 is 23.9 Å². The number of rotatable bonds is 8. The molecule has 1 aliphatic carbocycles. The first-order valence-electron chi connectivity index (χ1n) is 12.6. The highest BCUT2D eigenvalue weighted by atomic mass is 16.5. The molecular formula is C29H32N2O5. The van der Waals surface area contributed by atoms with Gasteiger partial charge in [0.2, 0.25) is 5.91 Å². The van der Waals surface area contributed by atoms with E-state index in [1.54, 1.807) is 36.1 Å². The third-order valence-corrected chi connectivity index (χ3v) is 6.83. The van der Waals surface area contributed by atoms with E-state index in [2.05, 4.69) is 6.08 Å². The summed E-state index contributed by atoms with van der Waals surface area (Å²) in [5, 5.41) is 0. The first kappa shape index (κ1) is 25.4. The number of amides is 3. The zero-order valence-electron chi connectivity index (χ0n) is 20.9. The molecule has 1 fully saturated rings. The van der Waals surface area contributed by atoms with Gasteiger partial charge in [0.25, 0.3) is 11.8 Å². The fourth-order valence-corrected chi connectivity index (χ4v) is 4.85. The fraction of sp³-hybridized carbons (Fsp3) is 0.379. The molecule has 188 valence electrons. The summed E-state index contributed by atoms with van der Waals surface area (Å²) in [6.07, 6.45) is 7.20. The van der Waals surface area contributed by atoms with Crippen molar-refractivity contribution in [3.8, 4) is 0 Å². The molecule has 1 unspecified atom stereocenters. The second kappa shape index (κ2) is 11.3. The fourth-order valence-electron chi connectivity index (χ4n) is 4.85. The minimum Gasteiger partial charge on any atom is -0.462 e. The van der Waals surface area contributed by atoms with Crippen LogP contribution in [0.4, 0.5) is 5.69 Å². The molecule has 4 rings (SSSR count). The highest BCUT2D eigenvalue weighted by Crippen LogP contribution is 2.29. The number of anilines is 1. The molecule has 1 atom stereocenters. The number of esters is 1. The Balaban J connectivity index is 1.59. The van der Waals surface area contributed by atoms with E-state index in [0.717, 1.165) is 29.7 Å². The van der Waals surface area contributed by atoms with Crippen molar-refractivity contribution in [3.05, 3.63) is 76.9 Å². The lowest BCUT2D eigenvalue weighted by Crippen LogP contribution is -2.46. The van der Waals surface area contributed by atoms with Gasteiger partial charge < -0.3 is 9.64 Å². The van der Waals surface area contributed by atoms with Crippen molar-refractivity contribution >= 4 is 29.4 Å². The first-order valence-corrected chi connectivity index (χ1v) is 12.6. The van der Waals surface area contributed by atoms with Crippen molar-refractivity contribution in [1.82, 2.24) is 4.90 Å². The highest BCUT2D eigenvalue weighted by molar-refractivity contribution is 6.23. The molecule has 1 aliphatic heterocycles. The minimum absolute atomic E-state index is 0.0743. The normalized spacial score (nSPS) is 17.7. The summed E-state index contributed by atoms with van der Waals surface area (Å²) < 4.78 is 5.00. The maximum absolute atomic E-state index is 13.7. The van der Waals surface area contributed by atoms with E-state index in [0.29, 0.717) is 29.8 Å². The number of ether oxygens (including phenoxy) is 1. The minimum atomic E-state index is -0.876. The van der Waals surface area contributed by atoms with Crippen LogP contribution in [0.1, 0.15) is 71.7 Å². The number of hydrogen-bond acceptors (Lipinski definition) is 5. The molecule has 0 N–H and O–H groups in total. The van der Waals surface area contributed by atoms with E-state index in [1.165, 1.54) is 24.1 Å². The molecule has 2 aromatic rings. The van der Waals surface area contributed by atoms with Crippen LogP contribution in [-0.2, 0) is 14.3 Å². The second-order valence-corrected chi connectivity index (χ2v) is 9.23. The highest BCUT2D eigenvalue weighted by Gasteiger charge is 2.44. The van der Waals surface area contributed by atoms with Gasteiger partial charge in [0, 0.05) is 12.1 Å². The van der Waals surface area contributed by atoms with Crippen LogP contribution in [-0.4, -0.2) is 47.8 Å². The smallest absolute Gasteiger partial charge is 0.338 e. The van der Waals surface area contributed by atoms with Crippen LogP contribution >= 0.6 is 0 Å². The molecule has 36 heavy (non-hydrogen) atoms. The van der Waals surface area contributed by atoms with E-state index in [4.69, 9.17) is 4.74 Å². The summed E-state index contributed by atoms with van der Waals surface area (Å²) in [5.74, 6) is -1.50. The molecule has 2 aliphatic rings. The van der Waals surface area contributed by atoms with Crippen molar-refractivity contribution in [2.75, 3.05) is 18.1 Å². The van der Waals surface area contributed by atoms with Crippen LogP contribution < -0.4 is 4.90 Å². The summed E-state index contributed by atoms with van der Waals surface area (Å²) in [7, 11) is 0. The largest absolute Gasteiger partial charge is 0.462 e. The molecule has 1 saturated heterocycles. The van der Waals surface area contributed by atoms with E-state index in [9.17, 15) is 19.2 Å². The molecule has 1 heterocycles. The van der Waals surface area contributed by atoms with Crippen LogP contribution in [0.5, 0.6) is 0 Å². The number of aryl methyl sites for hydroxylation is 1. The Kier molecular flexibility index (Phi) is 7.98. The van der Waals surface area contributed by atoms with Crippen LogP contribution in [0.3, 0.4) is 0 Å². The van der Waals surface area contributed by atoms with Crippen LogP contribution in [0.2, 0.25) is 0 Å². The third kappa shape index (κ3) is 5.40. The van der Waals surface area contributed by atoms with Crippen LogP contribution in [0.15, 0.2) is 60.2 Å². The Morgan fingerprint density at radius 1 is 1.06 bits per heavy atom. The molecule has 0 spiro atoms. The Morgan fingerprint density at radius 3 is 2.47 bits per heavy atom. The lowest BCUT2D eigenvalue weighted by atomic mass is 9.96. The summed E-state index contributed by atoms with van der Waals surface area (Å²) in [6.45, 7) is 4.22. The van der Waals surface area contributed by atoms with Gasteiger partial charge in [0.1, 0.15) is 6.04 Å². The van der Waals surface area contributed by atoms with E-state index in [-0.39, 0.29) is 24.8 Å². The molecule has 7 nitrogen and oxygen atoms in total. The average molecular weight is 489 g/mol. The summed E-state index contributed by atoms with van der Waals surface area (Å²) >= 11 is 0. The van der Waals surface area contributed by atoms with Crippen molar-refractivity contribution in [2.24, 2.45) is 0 Å². The predicted molar refractivity (Wildman–Crippen MR) is 137 cm³/mol. The lowest BCUT2D eigenvalue weighted by molar-refractivity contribution is -0.122. The lowest BCUT2D eigenvalue weighted by Gasteiger charge is -2.29. The second-order valence-electron chi connectivity index (χ2n) is 9.23. The Labute approximate surface area is 211 Å². The number of allylic oxidation sites excluding steroid dienone is 1. The number of hydrogen-bond donors (Lipinski definition) is 0. The third-order valence-electron chi connectivity index (χ3n) is 6.83.